The number of ether oxygens (including phenoxy) is 1. The lowest BCUT2D eigenvalue weighted by atomic mass is 9.90. The highest BCUT2D eigenvalue weighted by molar-refractivity contribution is 6.31. The van der Waals surface area contributed by atoms with Crippen LogP contribution in [0.25, 0.3) is 0 Å². The maximum absolute atomic E-state index is 10.4. The number of benzene rings is 2. The molecule has 1 fully saturated rings. The Hall–Kier alpha value is -2.00. The number of aliphatic hydroxyl groups excluding tert-OH is 4. The van der Waals surface area contributed by atoms with Gasteiger partial charge in [0.2, 0.25) is 0 Å². The van der Waals surface area contributed by atoms with Gasteiger partial charge in [-0.2, -0.15) is 0 Å². The fourth-order valence-corrected chi connectivity index (χ4v) is 4.20. The van der Waals surface area contributed by atoms with Crippen LogP contribution in [-0.4, -0.2) is 64.3 Å². The van der Waals surface area contributed by atoms with Crippen molar-refractivity contribution in [2.75, 3.05) is 13.7 Å². The van der Waals surface area contributed by atoms with Crippen LogP contribution < -0.4 is 0 Å². The highest BCUT2D eigenvalue weighted by Gasteiger charge is 2.44. The first-order valence-corrected chi connectivity index (χ1v) is 11.6. The van der Waals surface area contributed by atoms with Crippen molar-refractivity contribution in [3.05, 3.63) is 69.7 Å². The minimum absolute atomic E-state index is 0.471. The summed E-state index contributed by atoms with van der Waals surface area (Å²) < 4.78 is 5.68. The van der Waals surface area contributed by atoms with E-state index in [4.69, 9.17) is 21.2 Å². The quantitative estimate of drug-likeness (QED) is 0.326. The maximum Gasteiger partial charge on any atom is 0.113 e. The minimum Gasteiger partial charge on any atom is -0.399 e. The number of unbranched alkanes of at least 4 members (excludes halogenated alkanes) is 1. The van der Waals surface area contributed by atoms with Crippen LogP contribution in [-0.2, 0) is 16.0 Å². The molecule has 0 amide bonds. The molecule has 2 aromatic carbocycles. The van der Waals surface area contributed by atoms with Crippen molar-refractivity contribution in [2.24, 2.45) is 5.16 Å². The zero-order valence-corrected chi connectivity index (χ0v) is 19.7. The van der Waals surface area contributed by atoms with Gasteiger partial charge in [0, 0.05) is 5.02 Å². The van der Waals surface area contributed by atoms with Crippen LogP contribution in [0.5, 0.6) is 0 Å². The van der Waals surface area contributed by atoms with Crippen molar-refractivity contribution in [3.63, 3.8) is 0 Å². The van der Waals surface area contributed by atoms with Crippen LogP contribution in [0.2, 0.25) is 5.02 Å². The molecule has 0 unspecified atom stereocenters. The molecule has 0 saturated carbocycles. The lowest BCUT2D eigenvalue weighted by Gasteiger charge is -2.40. The molecule has 2 aromatic rings. The van der Waals surface area contributed by atoms with E-state index in [9.17, 15) is 20.4 Å². The van der Waals surface area contributed by atoms with E-state index >= 15 is 0 Å². The van der Waals surface area contributed by atoms with E-state index in [1.165, 1.54) is 0 Å². The zero-order valence-electron chi connectivity index (χ0n) is 18.9. The van der Waals surface area contributed by atoms with Crippen molar-refractivity contribution >= 4 is 17.3 Å². The van der Waals surface area contributed by atoms with Gasteiger partial charge < -0.3 is 30.0 Å². The summed E-state index contributed by atoms with van der Waals surface area (Å²) in [5, 5.41) is 44.8. The standard InChI is InChI=1S/C25H32ClNO6/c1-3-4-5-20(27-32-2)16-8-6-15(7-9-16)12-18-13-17(10-11-19(18)26)25-24(31)23(30)22(29)21(14-28)33-25/h6-11,13,21-25,28-31H,3-5,12,14H2,1-2H3/b27-20+/t21-,22-,23+,24-,25+/m1/s1. The third kappa shape index (κ3) is 6.12. The monoisotopic (exact) mass is 477 g/mol. The van der Waals surface area contributed by atoms with E-state index in [0.29, 0.717) is 17.0 Å². The SMILES string of the molecule is CCCC/C(=N\OC)c1ccc(Cc2cc([C@@H]3O[C@H](CO)[C@@H](O)[C@H](O)[C@H]3O)ccc2Cl)cc1. The van der Waals surface area contributed by atoms with Gasteiger partial charge in [-0.3, -0.25) is 0 Å². The van der Waals surface area contributed by atoms with E-state index in [1.807, 2.05) is 30.3 Å². The van der Waals surface area contributed by atoms with Crippen molar-refractivity contribution < 1.29 is 30.0 Å². The molecule has 1 heterocycles. The van der Waals surface area contributed by atoms with E-state index in [0.717, 1.165) is 41.7 Å². The lowest BCUT2D eigenvalue weighted by Crippen LogP contribution is -2.55. The van der Waals surface area contributed by atoms with Gasteiger partial charge in [-0.05, 0) is 47.6 Å². The molecule has 0 aliphatic carbocycles. The fraction of sp³-hybridized carbons (Fsp3) is 0.480. The number of halogens is 1. The van der Waals surface area contributed by atoms with Gasteiger partial charge in [-0.1, -0.05) is 66.5 Å². The molecule has 0 aromatic heterocycles. The highest BCUT2D eigenvalue weighted by Crippen LogP contribution is 2.34. The van der Waals surface area contributed by atoms with Gasteiger partial charge >= 0.3 is 0 Å². The van der Waals surface area contributed by atoms with E-state index in [1.54, 1.807) is 19.2 Å². The molecule has 180 valence electrons. The zero-order chi connectivity index (χ0) is 24.0. The van der Waals surface area contributed by atoms with Crippen LogP contribution in [0.1, 0.15) is 54.5 Å². The molecular formula is C25H32ClNO6. The molecule has 1 aliphatic heterocycles. The van der Waals surface area contributed by atoms with Gasteiger partial charge in [0.25, 0.3) is 0 Å². The molecular weight excluding hydrogens is 446 g/mol. The van der Waals surface area contributed by atoms with Crippen molar-refractivity contribution in [1.82, 2.24) is 0 Å². The average molecular weight is 478 g/mol. The third-order valence-electron chi connectivity index (χ3n) is 5.94. The molecule has 3 rings (SSSR count). The number of oxime groups is 1. The van der Waals surface area contributed by atoms with Gasteiger partial charge in [0.15, 0.2) is 0 Å². The topological polar surface area (TPSA) is 112 Å². The normalized spacial score (nSPS) is 25.8. The second kappa shape index (κ2) is 11.9. The molecule has 0 bridgehead atoms. The molecule has 4 N–H and O–H groups in total. The number of rotatable bonds is 9. The Morgan fingerprint density at radius 3 is 2.42 bits per heavy atom. The molecule has 1 saturated heterocycles. The second-order valence-corrected chi connectivity index (χ2v) is 8.71. The van der Waals surface area contributed by atoms with Crippen molar-refractivity contribution in [1.29, 1.82) is 0 Å². The summed E-state index contributed by atoms with van der Waals surface area (Å²) in [4.78, 5) is 5.00. The van der Waals surface area contributed by atoms with Crippen LogP contribution in [0.15, 0.2) is 47.6 Å². The Morgan fingerprint density at radius 2 is 1.79 bits per heavy atom. The largest absolute Gasteiger partial charge is 0.399 e. The molecule has 0 radical (unpaired) electrons. The molecule has 33 heavy (non-hydrogen) atoms. The summed E-state index contributed by atoms with van der Waals surface area (Å²) in [6.07, 6.45) is -2.52. The molecule has 0 spiro atoms. The van der Waals surface area contributed by atoms with Crippen LogP contribution in [0.4, 0.5) is 0 Å². The number of hydrogen-bond acceptors (Lipinski definition) is 7. The predicted octanol–water partition coefficient (Wildman–Crippen LogP) is 2.99. The number of aliphatic hydroxyl groups is 4. The van der Waals surface area contributed by atoms with E-state index in [2.05, 4.69) is 12.1 Å². The average Bonchev–Trinajstić information content (AvgIpc) is 2.82. The first-order valence-electron chi connectivity index (χ1n) is 11.2. The summed E-state index contributed by atoms with van der Waals surface area (Å²) in [6.45, 7) is 1.66. The Morgan fingerprint density at radius 1 is 1.06 bits per heavy atom. The Labute approximate surface area is 199 Å². The molecule has 8 heteroatoms. The summed E-state index contributed by atoms with van der Waals surface area (Å²) in [5.41, 5.74) is 4.40. The van der Waals surface area contributed by atoms with Crippen LogP contribution in [0, 0.1) is 0 Å². The van der Waals surface area contributed by atoms with Crippen molar-refractivity contribution in [3.8, 4) is 0 Å². The minimum atomic E-state index is -1.43. The Balaban J connectivity index is 1.80. The summed E-state index contributed by atoms with van der Waals surface area (Å²) in [7, 11) is 1.55. The Kier molecular flexibility index (Phi) is 9.26. The molecule has 1 aliphatic rings. The van der Waals surface area contributed by atoms with Crippen molar-refractivity contribution in [2.45, 2.75) is 63.1 Å². The molecule has 7 nitrogen and oxygen atoms in total. The highest BCUT2D eigenvalue weighted by atomic mass is 35.5. The second-order valence-electron chi connectivity index (χ2n) is 8.30. The van der Waals surface area contributed by atoms with Crippen LogP contribution >= 0.6 is 11.6 Å². The molecule has 5 atom stereocenters. The number of hydrogen-bond donors (Lipinski definition) is 4. The third-order valence-corrected chi connectivity index (χ3v) is 6.31. The van der Waals surface area contributed by atoms with Gasteiger partial charge in [0.1, 0.15) is 37.6 Å². The van der Waals surface area contributed by atoms with E-state index in [-0.39, 0.29) is 0 Å². The summed E-state index contributed by atoms with van der Waals surface area (Å²) >= 11 is 6.44. The first kappa shape index (κ1) is 25.6. The van der Waals surface area contributed by atoms with Gasteiger partial charge in [-0.15, -0.1) is 0 Å². The smallest absolute Gasteiger partial charge is 0.113 e. The summed E-state index contributed by atoms with van der Waals surface area (Å²) in [5.74, 6) is 0. The van der Waals surface area contributed by atoms with E-state index < -0.39 is 37.1 Å². The lowest BCUT2D eigenvalue weighted by molar-refractivity contribution is -0.231. The fourth-order valence-electron chi connectivity index (χ4n) is 4.02. The predicted molar refractivity (Wildman–Crippen MR) is 126 cm³/mol. The maximum atomic E-state index is 10.4. The Bertz CT molecular complexity index is 933. The number of nitrogens with zero attached hydrogens (tertiary/aromatic N) is 1. The summed E-state index contributed by atoms with van der Waals surface area (Å²) in [6, 6.07) is 13.3. The van der Waals surface area contributed by atoms with Gasteiger partial charge in [0.05, 0.1) is 12.3 Å². The first-order chi connectivity index (χ1) is 15.9. The van der Waals surface area contributed by atoms with Crippen LogP contribution in [0.3, 0.4) is 0 Å². The van der Waals surface area contributed by atoms with Gasteiger partial charge in [-0.25, -0.2) is 0 Å².